The van der Waals surface area contributed by atoms with E-state index in [1.807, 2.05) is 0 Å². The van der Waals surface area contributed by atoms with Gasteiger partial charge in [-0.2, -0.15) is 0 Å². The van der Waals surface area contributed by atoms with E-state index >= 15 is 0 Å². The van der Waals surface area contributed by atoms with E-state index in [0.717, 1.165) is 33.6 Å². The first-order chi connectivity index (χ1) is 30.7. The molecule has 10 rings (SSSR count). The molecule has 62 heavy (non-hydrogen) atoms. The Bertz CT molecular complexity index is 2650. The maximum Gasteiger partial charge on any atom is 0.0716 e. The van der Waals surface area contributed by atoms with Crippen molar-refractivity contribution in [2.75, 3.05) is 0 Å². The Morgan fingerprint density at radius 2 is 0.435 bits per heavy atom. The molecule has 0 fully saturated rings. The highest BCUT2D eigenvalue weighted by molar-refractivity contribution is 8.34. The van der Waals surface area contributed by atoms with Crippen LogP contribution >= 0.6 is 20.1 Å². The zero-order valence-electron chi connectivity index (χ0n) is 34.2. The third-order valence-electron chi connectivity index (χ3n) is 11.5. The predicted molar refractivity (Wildman–Crippen MR) is 261 cm³/mol. The van der Waals surface area contributed by atoms with E-state index < -0.39 is 20.1 Å². The molecule has 0 saturated heterocycles. The molecule has 0 atom stereocenters. The van der Waals surface area contributed by atoms with E-state index in [1.165, 1.54) is 39.2 Å². The van der Waals surface area contributed by atoms with Gasteiger partial charge in [-0.25, -0.2) is 4.98 Å². The van der Waals surface area contributed by atoms with Crippen molar-refractivity contribution in [3.05, 3.63) is 273 Å². The normalized spacial score (nSPS) is 12.1. The molecule has 1 nitrogen and oxygen atoms in total. The van der Waals surface area contributed by atoms with E-state index in [4.69, 9.17) is 4.98 Å². The standard InChI is InChI=1S/C59H45NS2/c1-8-24-46(25-9-1)49-44-58(47-26-22-40-56(42-47)61(50-28-10-2-11-29-50,51-30-12-3-13-31-51)52-32-14-4-15-33-52)60-59(45-49)48-27-23-41-57(43-48)62(53-34-16-5-17-35-53,54-36-18-6-19-37-54)55-38-20-7-21-39-55/h1-45H. The summed E-state index contributed by atoms with van der Waals surface area (Å²) >= 11 is 0. The fourth-order valence-electron chi connectivity index (χ4n) is 8.70. The van der Waals surface area contributed by atoms with Crippen molar-refractivity contribution in [1.82, 2.24) is 4.98 Å². The molecule has 0 bridgehead atoms. The molecule has 0 N–H and O–H groups in total. The van der Waals surface area contributed by atoms with Gasteiger partial charge < -0.3 is 0 Å². The summed E-state index contributed by atoms with van der Waals surface area (Å²) in [6, 6.07) is 99.8. The van der Waals surface area contributed by atoms with Crippen LogP contribution < -0.4 is 0 Å². The van der Waals surface area contributed by atoms with Gasteiger partial charge in [-0.3, -0.25) is 0 Å². The number of nitrogens with zero attached hydrogens (tertiary/aromatic N) is 1. The summed E-state index contributed by atoms with van der Waals surface area (Å²) in [4.78, 5) is 15.9. The van der Waals surface area contributed by atoms with Crippen molar-refractivity contribution < 1.29 is 0 Å². The average Bonchev–Trinajstić information content (AvgIpc) is 3.37. The lowest BCUT2D eigenvalue weighted by atomic mass is 10.00. The number of hydrogen-bond donors (Lipinski definition) is 0. The summed E-state index contributed by atoms with van der Waals surface area (Å²) in [6.45, 7) is 0. The number of pyridine rings is 1. The molecular weight excluding hydrogens is 787 g/mol. The Morgan fingerprint density at radius 3 is 0.726 bits per heavy atom. The maximum atomic E-state index is 5.60. The minimum atomic E-state index is -1.89. The van der Waals surface area contributed by atoms with E-state index in [-0.39, 0.29) is 0 Å². The molecule has 1 heterocycles. The van der Waals surface area contributed by atoms with Crippen molar-refractivity contribution in [3.8, 4) is 33.6 Å². The van der Waals surface area contributed by atoms with Crippen LogP contribution in [0.2, 0.25) is 0 Å². The van der Waals surface area contributed by atoms with Crippen LogP contribution in [0.15, 0.2) is 312 Å². The number of benzene rings is 9. The summed E-state index contributed by atoms with van der Waals surface area (Å²) in [5, 5.41) is 0. The second kappa shape index (κ2) is 17.4. The molecule has 298 valence electrons. The highest BCUT2D eigenvalue weighted by Gasteiger charge is 2.35. The first-order valence-electron chi connectivity index (χ1n) is 21.0. The van der Waals surface area contributed by atoms with E-state index in [0.29, 0.717) is 0 Å². The van der Waals surface area contributed by atoms with Gasteiger partial charge in [0, 0.05) is 50.3 Å². The van der Waals surface area contributed by atoms with Crippen LogP contribution in [0.5, 0.6) is 0 Å². The molecule has 1 aromatic heterocycles. The molecule has 0 aliphatic rings. The number of aromatic nitrogens is 1. The largest absolute Gasteiger partial charge is 0.248 e. The second-order valence-corrected chi connectivity index (χ2v) is 21.4. The summed E-state index contributed by atoms with van der Waals surface area (Å²) in [5.41, 5.74) is 6.31. The molecule has 0 spiro atoms. The second-order valence-electron chi connectivity index (χ2n) is 15.2. The minimum absolute atomic E-state index is 0.934. The van der Waals surface area contributed by atoms with Crippen molar-refractivity contribution in [3.63, 3.8) is 0 Å². The maximum absolute atomic E-state index is 5.60. The molecule has 0 radical (unpaired) electrons. The molecule has 0 aliphatic carbocycles. The monoisotopic (exact) mass is 831 g/mol. The molecule has 10 aromatic rings. The van der Waals surface area contributed by atoms with Crippen molar-refractivity contribution in [2.24, 2.45) is 0 Å². The molecule has 0 aliphatic heterocycles. The zero-order valence-corrected chi connectivity index (χ0v) is 35.9. The van der Waals surface area contributed by atoms with Gasteiger partial charge in [-0.1, -0.05) is 164 Å². The van der Waals surface area contributed by atoms with Crippen LogP contribution in [0.3, 0.4) is 0 Å². The van der Waals surface area contributed by atoms with E-state index in [1.54, 1.807) is 0 Å². The summed E-state index contributed by atoms with van der Waals surface area (Å²) in [7, 11) is -3.79. The predicted octanol–water partition coefficient (Wildman–Crippen LogP) is 16.8. The minimum Gasteiger partial charge on any atom is -0.248 e. The molecule has 0 saturated carbocycles. The van der Waals surface area contributed by atoms with Crippen LogP contribution in [0.25, 0.3) is 33.6 Å². The highest BCUT2D eigenvalue weighted by atomic mass is 32.3. The van der Waals surface area contributed by atoms with Gasteiger partial charge in [0.05, 0.1) is 11.4 Å². The van der Waals surface area contributed by atoms with Crippen molar-refractivity contribution in [1.29, 1.82) is 0 Å². The molecule has 9 aromatic carbocycles. The van der Waals surface area contributed by atoms with Crippen LogP contribution in [0, 0.1) is 0 Å². The summed E-state index contributed by atoms with van der Waals surface area (Å²) < 4.78 is 0. The Kier molecular flexibility index (Phi) is 11.0. The molecule has 3 heteroatoms. The topological polar surface area (TPSA) is 12.9 Å². The summed E-state index contributed by atoms with van der Waals surface area (Å²) in [6.07, 6.45) is 0. The van der Waals surface area contributed by atoms with Crippen molar-refractivity contribution >= 4 is 20.1 Å². The third kappa shape index (κ3) is 7.16. The van der Waals surface area contributed by atoms with Gasteiger partial charge in [0.2, 0.25) is 0 Å². The highest BCUT2D eigenvalue weighted by Crippen LogP contribution is 2.74. The Balaban J connectivity index is 1.20. The number of rotatable bonds is 11. The fraction of sp³-hybridized carbons (Fsp3) is 0. The quantitative estimate of drug-likeness (QED) is 0.127. The summed E-state index contributed by atoms with van der Waals surface area (Å²) in [5.74, 6) is 0. The SMILES string of the molecule is c1ccc(-c2cc(-c3cccc(S(c4ccccc4)(c4ccccc4)c4ccccc4)c3)nc(-c3cccc(S(c4ccccc4)(c4ccccc4)c4ccccc4)c3)c2)cc1. The molecule has 0 unspecified atom stereocenters. The van der Waals surface area contributed by atoms with Crippen LogP contribution in [0.1, 0.15) is 0 Å². The van der Waals surface area contributed by atoms with Gasteiger partial charge in [0.15, 0.2) is 0 Å². The van der Waals surface area contributed by atoms with Crippen LogP contribution in [0.4, 0.5) is 0 Å². The lowest BCUT2D eigenvalue weighted by molar-refractivity contribution is 1.23. The Morgan fingerprint density at radius 1 is 0.194 bits per heavy atom. The van der Waals surface area contributed by atoms with E-state index in [2.05, 4.69) is 273 Å². The lowest BCUT2D eigenvalue weighted by Crippen LogP contribution is -2.05. The first kappa shape index (κ1) is 39.0. The Labute approximate surface area is 368 Å². The smallest absolute Gasteiger partial charge is 0.0716 e. The molecular formula is C59H45NS2. The van der Waals surface area contributed by atoms with Gasteiger partial charge in [-0.05, 0) is 120 Å². The van der Waals surface area contributed by atoms with Gasteiger partial charge in [0.25, 0.3) is 0 Å². The van der Waals surface area contributed by atoms with Gasteiger partial charge in [-0.15, -0.1) is 20.1 Å². The van der Waals surface area contributed by atoms with Gasteiger partial charge >= 0.3 is 0 Å². The molecule has 0 amide bonds. The third-order valence-corrected chi connectivity index (χ3v) is 19.3. The van der Waals surface area contributed by atoms with Crippen LogP contribution in [-0.2, 0) is 0 Å². The Hall–Kier alpha value is -7.17. The fourth-order valence-corrected chi connectivity index (χ4v) is 16.5. The van der Waals surface area contributed by atoms with Crippen molar-refractivity contribution in [2.45, 2.75) is 39.2 Å². The lowest BCUT2D eigenvalue weighted by Gasteiger charge is -2.42. The average molecular weight is 832 g/mol. The zero-order chi connectivity index (χ0) is 41.6. The number of hydrogen-bond acceptors (Lipinski definition) is 1. The van der Waals surface area contributed by atoms with E-state index in [9.17, 15) is 0 Å². The van der Waals surface area contributed by atoms with Gasteiger partial charge in [0.1, 0.15) is 0 Å². The first-order valence-corrected chi connectivity index (χ1v) is 24.3. The van der Waals surface area contributed by atoms with Crippen LogP contribution in [-0.4, -0.2) is 4.98 Å².